The summed E-state index contributed by atoms with van der Waals surface area (Å²) in [5, 5.41) is 0. The van der Waals surface area contributed by atoms with Crippen LogP contribution in [0.2, 0.25) is 0 Å². The molecule has 2 N–H and O–H groups in total. The summed E-state index contributed by atoms with van der Waals surface area (Å²) in [5.74, 6) is 0.430. The quantitative estimate of drug-likeness (QED) is 0.861. The number of nitrogens with two attached hydrogens (primary N) is 1. The molecule has 5 nitrogen and oxygen atoms in total. The van der Waals surface area contributed by atoms with E-state index in [1.165, 1.54) is 0 Å². The van der Waals surface area contributed by atoms with Gasteiger partial charge in [0.05, 0.1) is 12.3 Å². The first-order valence-corrected chi connectivity index (χ1v) is 7.45. The first-order chi connectivity index (χ1) is 9.86. The number of imidazole rings is 1. The molecule has 0 aliphatic rings. The Kier molecular flexibility index (Phi) is 4.37. The highest BCUT2D eigenvalue weighted by molar-refractivity contribution is 9.10. The van der Waals surface area contributed by atoms with Crippen molar-refractivity contribution in [2.75, 3.05) is 12.3 Å². The van der Waals surface area contributed by atoms with Crippen LogP contribution in [0.5, 0.6) is 0 Å². The Bertz CT molecular complexity index is 684. The van der Waals surface area contributed by atoms with Crippen molar-refractivity contribution >= 4 is 27.7 Å². The molecule has 0 radical (unpaired) electrons. The van der Waals surface area contributed by atoms with Gasteiger partial charge in [0, 0.05) is 4.47 Å². The van der Waals surface area contributed by atoms with Gasteiger partial charge >= 0.3 is 5.97 Å². The molecule has 0 fully saturated rings. The molecule has 0 atom stereocenters. The number of rotatable bonds is 3. The van der Waals surface area contributed by atoms with E-state index in [4.69, 9.17) is 10.5 Å². The molecule has 112 valence electrons. The number of nitrogen functional groups attached to an aromatic ring is 1. The standard InChI is InChI=1S/C15H18BrN3O2/c1-5-21-15(20)12-14(17)19(10(4)18-12)13-9(3)6-8(2)7-11(13)16/h6-7H,5,17H2,1-4H3. The Morgan fingerprint density at radius 3 is 2.62 bits per heavy atom. The number of anilines is 1. The van der Waals surface area contributed by atoms with E-state index in [-0.39, 0.29) is 12.3 Å². The van der Waals surface area contributed by atoms with Gasteiger partial charge in [0.25, 0.3) is 0 Å². The van der Waals surface area contributed by atoms with Gasteiger partial charge in [0.1, 0.15) is 11.6 Å². The first kappa shape index (κ1) is 15.6. The summed E-state index contributed by atoms with van der Waals surface area (Å²) in [6.45, 7) is 7.87. The highest BCUT2D eigenvalue weighted by Crippen LogP contribution is 2.31. The van der Waals surface area contributed by atoms with Gasteiger partial charge in [-0.25, -0.2) is 9.78 Å². The monoisotopic (exact) mass is 351 g/mol. The molecular weight excluding hydrogens is 334 g/mol. The molecule has 21 heavy (non-hydrogen) atoms. The fourth-order valence-electron chi connectivity index (χ4n) is 2.37. The molecule has 0 aliphatic carbocycles. The molecule has 0 saturated heterocycles. The molecule has 2 aromatic rings. The molecular formula is C15H18BrN3O2. The average molecular weight is 352 g/mol. The number of aryl methyl sites for hydroxylation is 3. The number of halogens is 1. The molecule has 0 unspecified atom stereocenters. The Labute approximate surface area is 132 Å². The SMILES string of the molecule is CCOC(=O)c1nc(C)n(-c2c(C)cc(C)cc2Br)c1N. The maximum Gasteiger partial charge on any atom is 0.360 e. The van der Waals surface area contributed by atoms with Crippen LogP contribution in [0.1, 0.15) is 34.4 Å². The smallest absolute Gasteiger partial charge is 0.360 e. The van der Waals surface area contributed by atoms with Gasteiger partial charge in [-0.1, -0.05) is 6.07 Å². The Balaban J connectivity index is 2.64. The van der Waals surface area contributed by atoms with Crippen molar-refractivity contribution < 1.29 is 9.53 Å². The molecule has 6 heteroatoms. The lowest BCUT2D eigenvalue weighted by Crippen LogP contribution is -2.10. The van der Waals surface area contributed by atoms with Crippen molar-refractivity contribution in [3.63, 3.8) is 0 Å². The minimum atomic E-state index is -0.502. The van der Waals surface area contributed by atoms with E-state index < -0.39 is 5.97 Å². The predicted molar refractivity (Wildman–Crippen MR) is 85.8 cm³/mol. The fourth-order valence-corrected chi connectivity index (χ4v) is 3.22. The molecule has 0 spiro atoms. The molecule has 1 aromatic carbocycles. The predicted octanol–water partition coefficient (Wildman–Crippen LogP) is 3.32. The van der Waals surface area contributed by atoms with Crippen LogP contribution in [0.15, 0.2) is 16.6 Å². The van der Waals surface area contributed by atoms with Crippen molar-refractivity contribution in [3.8, 4) is 5.69 Å². The summed E-state index contributed by atoms with van der Waals surface area (Å²) in [4.78, 5) is 16.1. The van der Waals surface area contributed by atoms with Crippen LogP contribution < -0.4 is 5.73 Å². The van der Waals surface area contributed by atoms with Gasteiger partial charge in [-0.15, -0.1) is 0 Å². The number of esters is 1. The maximum absolute atomic E-state index is 11.9. The molecule has 2 rings (SSSR count). The van der Waals surface area contributed by atoms with Crippen LogP contribution in [0, 0.1) is 20.8 Å². The molecule has 0 aliphatic heterocycles. The van der Waals surface area contributed by atoms with Gasteiger partial charge in [0.15, 0.2) is 5.69 Å². The van der Waals surface area contributed by atoms with E-state index in [2.05, 4.69) is 27.0 Å². The summed E-state index contributed by atoms with van der Waals surface area (Å²) < 4.78 is 7.66. The zero-order chi connectivity index (χ0) is 15.7. The maximum atomic E-state index is 11.9. The van der Waals surface area contributed by atoms with Crippen molar-refractivity contribution in [1.82, 2.24) is 9.55 Å². The van der Waals surface area contributed by atoms with E-state index in [0.717, 1.165) is 21.3 Å². The second-order valence-electron chi connectivity index (χ2n) is 4.86. The second kappa shape index (κ2) is 5.89. The van der Waals surface area contributed by atoms with Crippen LogP contribution in [0.25, 0.3) is 5.69 Å². The lowest BCUT2D eigenvalue weighted by molar-refractivity contribution is 0.0521. The second-order valence-corrected chi connectivity index (χ2v) is 5.72. The summed E-state index contributed by atoms with van der Waals surface area (Å²) in [6.07, 6.45) is 0. The third-order valence-corrected chi connectivity index (χ3v) is 3.78. The number of hydrogen-bond acceptors (Lipinski definition) is 4. The largest absolute Gasteiger partial charge is 0.461 e. The number of carbonyl (C=O) groups excluding carboxylic acids is 1. The van der Waals surface area contributed by atoms with E-state index in [0.29, 0.717) is 11.6 Å². The van der Waals surface area contributed by atoms with Gasteiger partial charge in [0.2, 0.25) is 0 Å². The normalized spacial score (nSPS) is 10.7. The lowest BCUT2D eigenvalue weighted by atomic mass is 10.1. The van der Waals surface area contributed by atoms with Crippen molar-refractivity contribution in [3.05, 3.63) is 39.3 Å². The summed E-state index contributed by atoms with van der Waals surface area (Å²) in [7, 11) is 0. The number of benzene rings is 1. The van der Waals surface area contributed by atoms with E-state index in [9.17, 15) is 4.79 Å². The van der Waals surface area contributed by atoms with Crippen molar-refractivity contribution in [2.45, 2.75) is 27.7 Å². The van der Waals surface area contributed by atoms with Crippen molar-refractivity contribution in [2.24, 2.45) is 0 Å². The third kappa shape index (κ3) is 2.81. The summed E-state index contributed by atoms with van der Waals surface area (Å²) >= 11 is 3.56. The van der Waals surface area contributed by atoms with E-state index >= 15 is 0 Å². The number of aromatic nitrogens is 2. The van der Waals surface area contributed by atoms with Crippen LogP contribution in [0.3, 0.4) is 0 Å². The first-order valence-electron chi connectivity index (χ1n) is 6.65. The molecule has 0 saturated carbocycles. The minimum Gasteiger partial charge on any atom is -0.461 e. The molecule has 1 heterocycles. The minimum absolute atomic E-state index is 0.154. The molecule has 1 aromatic heterocycles. The zero-order valence-electron chi connectivity index (χ0n) is 12.5. The number of nitrogens with zero attached hydrogens (tertiary/aromatic N) is 2. The highest BCUT2D eigenvalue weighted by Gasteiger charge is 2.22. The molecule has 0 amide bonds. The van der Waals surface area contributed by atoms with E-state index in [1.807, 2.05) is 26.8 Å². The van der Waals surface area contributed by atoms with Crippen molar-refractivity contribution in [1.29, 1.82) is 0 Å². The average Bonchev–Trinajstić information content (AvgIpc) is 2.66. The highest BCUT2D eigenvalue weighted by atomic mass is 79.9. The van der Waals surface area contributed by atoms with Gasteiger partial charge in [-0.05, 0) is 60.8 Å². The number of hydrogen-bond donors (Lipinski definition) is 1. The third-order valence-electron chi connectivity index (χ3n) is 3.17. The van der Waals surface area contributed by atoms with Crippen LogP contribution >= 0.6 is 15.9 Å². The van der Waals surface area contributed by atoms with Gasteiger partial charge in [-0.3, -0.25) is 4.57 Å². The Hall–Kier alpha value is -1.82. The summed E-state index contributed by atoms with van der Waals surface area (Å²) in [6, 6.07) is 4.06. The Morgan fingerprint density at radius 1 is 1.38 bits per heavy atom. The van der Waals surface area contributed by atoms with E-state index in [1.54, 1.807) is 11.5 Å². The summed E-state index contributed by atoms with van der Waals surface area (Å²) in [5.41, 5.74) is 9.35. The zero-order valence-corrected chi connectivity index (χ0v) is 14.1. The molecule has 0 bridgehead atoms. The van der Waals surface area contributed by atoms with Crippen LogP contribution in [0.4, 0.5) is 5.82 Å². The van der Waals surface area contributed by atoms with Crippen LogP contribution in [-0.4, -0.2) is 22.1 Å². The van der Waals surface area contributed by atoms with Gasteiger partial charge in [-0.2, -0.15) is 0 Å². The van der Waals surface area contributed by atoms with Gasteiger partial charge < -0.3 is 10.5 Å². The number of ether oxygens (including phenoxy) is 1. The number of carbonyl (C=O) groups is 1. The van der Waals surface area contributed by atoms with Crippen LogP contribution in [-0.2, 0) is 4.74 Å². The fraction of sp³-hybridized carbons (Fsp3) is 0.333. The lowest BCUT2D eigenvalue weighted by Gasteiger charge is -2.14. The topological polar surface area (TPSA) is 70.1 Å². The Morgan fingerprint density at radius 2 is 2.05 bits per heavy atom.